The van der Waals surface area contributed by atoms with Crippen molar-refractivity contribution in [2.24, 2.45) is 5.73 Å². The second-order valence-corrected chi connectivity index (χ2v) is 5.32. The monoisotopic (exact) mass is 251 g/mol. The maximum Gasteiger partial charge on any atom is 0.248 e. The van der Waals surface area contributed by atoms with Crippen LogP contribution in [-0.2, 0) is 0 Å². The van der Waals surface area contributed by atoms with Crippen molar-refractivity contribution >= 4 is 29.0 Å². The van der Waals surface area contributed by atoms with E-state index >= 15 is 0 Å². The number of nitrogen functional groups attached to an aromatic ring is 1. The van der Waals surface area contributed by atoms with Crippen molar-refractivity contribution in [1.82, 2.24) is 0 Å². The van der Waals surface area contributed by atoms with Gasteiger partial charge in [-0.15, -0.1) is 0 Å². The Bertz CT molecular complexity index is 414. The highest BCUT2D eigenvalue weighted by Gasteiger charge is 2.14. The van der Waals surface area contributed by atoms with Gasteiger partial charge in [-0.25, -0.2) is 0 Å². The number of hydrogen-bond acceptors (Lipinski definition) is 4. The molecular weight excluding hydrogens is 234 g/mol. The fourth-order valence-electron chi connectivity index (χ4n) is 1.96. The number of carbonyl (C=O) groups excluding carboxylic acids is 1. The third kappa shape index (κ3) is 2.85. The van der Waals surface area contributed by atoms with Crippen molar-refractivity contribution in [2.75, 3.05) is 35.2 Å². The number of benzene rings is 1. The smallest absolute Gasteiger partial charge is 0.248 e. The number of carbonyl (C=O) groups is 1. The van der Waals surface area contributed by atoms with Gasteiger partial charge in [0.2, 0.25) is 5.91 Å². The first-order valence-electron chi connectivity index (χ1n) is 5.70. The first kappa shape index (κ1) is 12.1. The zero-order valence-corrected chi connectivity index (χ0v) is 10.5. The number of amides is 1. The van der Waals surface area contributed by atoms with E-state index in [2.05, 4.69) is 4.90 Å². The molecule has 5 heteroatoms. The minimum absolute atomic E-state index is 0.407. The lowest BCUT2D eigenvalue weighted by atomic mass is 10.1. The van der Waals surface area contributed by atoms with Crippen LogP contribution < -0.4 is 16.4 Å². The minimum Gasteiger partial charge on any atom is -0.397 e. The number of anilines is 2. The summed E-state index contributed by atoms with van der Waals surface area (Å²) in [7, 11) is 0. The van der Waals surface area contributed by atoms with E-state index in [4.69, 9.17) is 11.5 Å². The Balaban J connectivity index is 2.28. The van der Waals surface area contributed by atoms with Crippen LogP contribution in [0.3, 0.4) is 0 Å². The Morgan fingerprint density at radius 1 is 1.29 bits per heavy atom. The van der Waals surface area contributed by atoms with Crippen molar-refractivity contribution in [3.63, 3.8) is 0 Å². The standard InChI is InChI=1S/C12H17N3OS/c13-10-3-2-9(12(14)16)8-11(10)15-4-1-6-17-7-5-15/h2-3,8H,1,4-7,13H2,(H2,14,16). The number of rotatable bonds is 2. The number of primary amides is 1. The van der Waals surface area contributed by atoms with Gasteiger partial charge >= 0.3 is 0 Å². The predicted molar refractivity (Wildman–Crippen MR) is 73.5 cm³/mol. The molecule has 1 aliphatic heterocycles. The SMILES string of the molecule is NC(=O)c1ccc(N)c(N2CCCSCC2)c1. The molecule has 1 aromatic carbocycles. The highest BCUT2D eigenvalue weighted by Crippen LogP contribution is 2.26. The molecule has 1 saturated heterocycles. The molecule has 0 bridgehead atoms. The average molecular weight is 251 g/mol. The highest BCUT2D eigenvalue weighted by atomic mass is 32.2. The molecule has 4 nitrogen and oxygen atoms in total. The topological polar surface area (TPSA) is 72.3 Å². The molecular formula is C12H17N3OS. The lowest BCUT2D eigenvalue weighted by Gasteiger charge is -2.24. The van der Waals surface area contributed by atoms with E-state index in [0.29, 0.717) is 11.3 Å². The van der Waals surface area contributed by atoms with Crippen LogP contribution in [0.2, 0.25) is 0 Å². The van der Waals surface area contributed by atoms with Crippen LogP contribution in [0.5, 0.6) is 0 Å². The Morgan fingerprint density at radius 2 is 2.12 bits per heavy atom. The van der Waals surface area contributed by atoms with E-state index in [0.717, 1.165) is 31.0 Å². The summed E-state index contributed by atoms with van der Waals surface area (Å²) in [4.78, 5) is 13.4. The summed E-state index contributed by atoms with van der Waals surface area (Å²) < 4.78 is 0. The van der Waals surface area contributed by atoms with Gasteiger partial charge < -0.3 is 16.4 Å². The van der Waals surface area contributed by atoms with E-state index in [9.17, 15) is 4.79 Å². The van der Waals surface area contributed by atoms with Gasteiger partial charge in [0, 0.05) is 24.4 Å². The molecule has 2 rings (SSSR count). The number of thioether (sulfide) groups is 1. The first-order valence-corrected chi connectivity index (χ1v) is 6.86. The summed E-state index contributed by atoms with van der Waals surface area (Å²) in [6.07, 6.45) is 1.14. The first-order chi connectivity index (χ1) is 8.18. The number of hydrogen-bond donors (Lipinski definition) is 2. The highest BCUT2D eigenvalue weighted by molar-refractivity contribution is 7.99. The Hall–Kier alpha value is -1.36. The van der Waals surface area contributed by atoms with Gasteiger partial charge in [0.1, 0.15) is 0 Å². The second-order valence-electron chi connectivity index (χ2n) is 4.09. The van der Waals surface area contributed by atoms with Crippen LogP contribution in [0.15, 0.2) is 18.2 Å². The Kier molecular flexibility index (Phi) is 3.78. The molecule has 0 aromatic heterocycles. The summed E-state index contributed by atoms with van der Waals surface area (Å²) in [5.41, 5.74) is 13.4. The molecule has 0 atom stereocenters. The van der Waals surface area contributed by atoms with Gasteiger partial charge in [0.05, 0.1) is 11.4 Å². The summed E-state index contributed by atoms with van der Waals surface area (Å²) in [5.74, 6) is 1.88. The quantitative estimate of drug-likeness (QED) is 0.777. The zero-order valence-electron chi connectivity index (χ0n) is 9.69. The van der Waals surface area contributed by atoms with Gasteiger partial charge in [0.15, 0.2) is 0 Å². The van der Waals surface area contributed by atoms with Gasteiger partial charge in [-0.05, 0) is 30.4 Å². The lowest BCUT2D eigenvalue weighted by Crippen LogP contribution is -2.26. The van der Waals surface area contributed by atoms with Crippen LogP contribution >= 0.6 is 11.8 Å². The maximum absolute atomic E-state index is 11.2. The molecule has 1 heterocycles. The summed E-state index contributed by atoms with van der Waals surface area (Å²) in [6, 6.07) is 5.23. The van der Waals surface area contributed by atoms with Crippen molar-refractivity contribution < 1.29 is 4.79 Å². The number of nitrogens with zero attached hydrogens (tertiary/aromatic N) is 1. The van der Waals surface area contributed by atoms with E-state index in [-0.39, 0.29) is 0 Å². The zero-order chi connectivity index (χ0) is 12.3. The van der Waals surface area contributed by atoms with Gasteiger partial charge in [0.25, 0.3) is 0 Å². The third-order valence-corrected chi connectivity index (χ3v) is 3.93. The molecule has 0 aliphatic carbocycles. The van der Waals surface area contributed by atoms with Crippen molar-refractivity contribution in [2.45, 2.75) is 6.42 Å². The maximum atomic E-state index is 11.2. The van der Waals surface area contributed by atoms with Gasteiger partial charge in [-0.1, -0.05) is 0 Å². The summed E-state index contributed by atoms with van der Waals surface area (Å²) in [6.45, 7) is 1.95. The fraction of sp³-hybridized carbons (Fsp3) is 0.417. The lowest BCUT2D eigenvalue weighted by molar-refractivity contribution is 0.100. The normalized spacial score (nSPS) is 16.6. The van der Waals surface area contributed by atoms with E-state index < -0.39 is 5.91 Å². The molecule has 0 radical (unpaired) electrons. The molecule has 1 amide bonds. The average Bonchev–Trinajstić information content (AvgIpc) is 2.58. The second kappa shape index (κ2) is 5.31. The van der Waals surface area contributed by atoms with Crippen molar-refractivity contribution in [3.05, 3.63) is 23.8 Å². The summed E-state index contributed by atoms with van der Waals surface area (Å²) in [5, 5.41) is 0. The third-order valence-electron chi connectivity index (χ3n) is 2.88. The number of nitrogens with two attached hydrogens (primary N) is 2. The predicted octanol–water partition coefficient (Wildman–Crippen LogP) is 1.31. The van der Waals surface area contributed by atoms with Crippen molar-refractivity contribution in [3.8, 4) is 0 Å². The molecule has 4 N–H and O–H groups in total. The van der Waals surface area contributed by atoms with Crippen molar-refractivity contribution in [1.29, 1.82) is 0 Å². The van der Waals surface area contributed by atoms with Crippen LogP contribution in [0.4, 0.5) is 11.4 Å². The van der Waals surface area contributed by atoms with Gasteiger partial charge in [-0.2, -0.15) is 11.8 Å². The van der Waals surface area contributed by atoms with E-state index in [1.807, 2.05) is 11.8 Å². The molecule has 1 aromatic rings. The Morgan fingerprint density at radius 3 is 2.88 bits per heavy atom. The van der Waals surface area contributed by atoms with Crippen LogP contribution in [0.25, 0.3) is 0 Å². The van der Waals surface area contributed by atoms with Gasteiger partial charge in [-0.3, -0.25) is 4.79 Å². The molecule has 1 fully saturated rings. The van der Waals surface area contributed by atoms with Crippen LogP contribution in [-0.4, -0.2) is 30.5 Å². The van der Waals surface area contributed by atoms with E-state index in [1.165, 1.54) is 5.75 Å². The largest absolute Gasteiger partial charge is 0.397 e. The summed E-state index contributed by atoms with van der Waals surface area (Å²) >= 11 is 1.96. The Labute approximate surface area is 105 Å². The molecule has 17 heavy (non-hydrogen) atoms. The molecule has 0 spiro atoms. The minimum atomic E-state index is -0.407. The van der Waals surface area contributed by atoms with E-state index in [1.54, 1.807) is 18.2 Å². The molecule has 0 saturated carbocycles. The molecule has 92 valence electrons. The fourth-order valence-corrected chi connectivity index (χ4v) is 2.84. The van der Waals surface area contributed by atoms with Crippen LogP contribution in [0, 0.1) is 0 Å². The molecule has 0 unspecified atom stereocenters. The molecule has 1 aliphatic rings. The van der Waals surface area contributed by atoms with Crippen LogP contribution in [0.1, 0.15) is 16.8 Å².